The molecule has 2 fully saturated rings. The Morgan fingerprint density at radius 3 is 2.93 bits per heavy atom. The van der Waals surface area contributed by atoms with Gasteiger partial charge in [0.15, 0.2) is 6.17 Å². The molecule has 0 radical (unpaired) electrons. The van der Waals surface area contributed by atoms with E-state index in [9.17, 15) is 13.9 Å². The molecule has 4 heterocycles. The van der Waals surface area contributed by atoms with Crippen LogP contribution < -0.4 is 10.1 Å². The van der Waals surface area contributed by atoms with Crippen LogP contribution in [0.1, 0.15) is 21.1 Å². The number of hydrogen-bond acceptors (Lipinski definition) is 7. The number of ether oxygens (including phenoxy) is 1. The van der Waals surface area contributed by atoms with Crippen LogP contribution in [0, 0.1) is 0 Å². The number of piperidine rings is 1. The van der Waals surface area contributed by atoms with Gasteiger partial charge in [0.1, 0.15) is 23.7 Å². The number of alkyl halides is 2. The summed E-state index contributed by atoms with van der Waals surface area (Å²) >= 11 is 0. The lowest BCUT2D eigenvalue weighted by Crippen LogP contribution is -2.59. The summed E-state index contributed by atoms with van der Waals surface area (Å²) in [4.78, 5) is 8.04. The summed E-state index contributed by atoms with van der Waals surface area (Å²) in [5.41, 5.74) is 0.256. The van der Waals surface area contributed by atoms with Gasteiger partial charge in [-0.3, -0.25) is 0 Å². The molecule has 0 aliphatic carbocycles. The third-order valence-corrected chi connectivity index (χ3v) is 5.64. The van der Waals surface area contributed by atoms with Crippen molar-refractivity contribution in [2.75, 3.05) is 0 Å². The van der Waals surface area contributed by atoms with Gasteiger partial charge in [0.2, 0.25) is 0 Å². The predicted molar refractivity (Wildman–Crippen MR) is 103 cm³/mol. The molecule has 5 rings (SSSR count). The number of halogens is 2. The quantitative estimate of drug-likeness (QED) is 0.675. The smallest absolute Gasteiger partial charge is 0.336 e. The average Bonchev–Trinajstić information content (AvgIpc) is 3.33. The summed E-state index contributed by atoms with van der Waals surface area (Å²) in [5.74, 6) is -0.0206. The minimum absolute atomic E-state index is 0.0206. The maximum atomic E-state index is 15.0. The lowest BCUT2D eigenvalue weighted by atomic mass is 9.88. The van der Waals surface area contributed by atoms with Gasteiger partial charge in [0.25, 0.3) is 0 Å². The molecule has 0 amide bonds. The maximum Gasteiger partial charge on any atom is 0.336 e. The Balaban J connectivity index is 1.34. The van der Waals surface area contributed by atoms with Crippen LogP contribution in [0.3, 0.4) is 0 Å². The average molecular weight is 415 g/mol. The van der Waals surface area contributed by atoms with Gasteiger partial charge in [0.05, 0.1) is 23.8 Å². The van der Waals surface area contributed by atoms with Crippen molar-refractivity contribution >= 4 is 0 Å². The van der Waals surface area contributed by atoms with Gasteiger partial charge in [0, 0.05) is 44.3 Å². The largest absolute Gasteiger partial charge is 0.507 e. The highest BCUT2D eigenvalue weighted by atomic mass is 19.1. The monoisotopic (exact) mass is 415 g/mol. The molecule has 156 valence electrons. The minimum Gasteiger partial charge on any atom is -0.507 e. The van der Waals surface area contributed by atoms with Crippen LogP contribution in [-0.2, 0) is 0 Å². The second-order valence-electron chi connectivity index (χ2n) is 7.80. The Bertz CT molecular complexity index is 1100. The summed E-state index contributed by atoms with van der Waals surface area (Å²) in [5, 5.41) is 21.0. The molecule has 2 aliphatic heterocycles. The fourth-order valence-corrected chi connectivity index (χ4v) is 4.07. The third-order valence-electron chi connectivity index (χ3n) is 5.64. The second kappa shape index (κ2) is 6.98. The van der Waals surface area contributed by atoms with Gasteiger partial charge in [-0.2, -0.15) is 0 Å². The number of aromatic hydroxyl groups is 1. The summed E-state index contributed by atoms with van der Waals surface area (Å²) in [6.45, 7) is 1.55. The predicted octanol–water partition coefficient (Wildman–Crippen LogP) is 2.38. The van der Waals surface area contributed by atoms with Crippen molar-refractivity contribution in [3.05, 3.63) is 43.1 Å². The van der Waals surface area contributed by atoms with Gasteiger partial charge in [-0.15, -0.1) is 5.10 Å². The van der Waals surface area contributed by atoms with Gasteiger partial charge in [-0.25, -0.2) is 18.7 Å². The minimum atomic E-state index is -1.60. The third kappa shape index (κ3) is 3.17. The van der Waals surface area contributed by atoms with Crippen molar-refractivity contribution < 1.29 is 20.0 Å². The first-order valence-corrected chi connectivity index (χ1v) is 9.53. The van der Waals surface area contributed by atoms with E-state index in [0.717, 1.165) is 5.69 Å². The first-order valence-electron chi connectivity index (χ1n) is 10.0. The van der Waals surface area contributed by atoms with E-state index in [2.05, 4.69) is 25.5 Å². The number of phenolic OH excluding ortho intramolecular Hbond substituents is 1. The number of benzene rings is 1. The molecule has 2 aliphatic rings. The molecule has 2 saturated heterocycles. The molecule has 8 nitrogen and oxygen atoms in total. The number of aromatic nitrogens is 5. The first kappa shape index (κ1) is 17.7. The maximum absolute atomic E-state index is 15.0. The number of imidazole rings is 1. The highest BCUT2D eigenvalue weighted by molar-refractivity contribution is 5.67. The van der Waals surface area contributed by atoms with Gasteiger partial charge in [-0.1, -0.05) is 5.10 Å². The Hall–Kier alpha value is -3.14. The fraction of sp³-hybridized carbons (Fsp3) is 0.400. The summed E-state index contributed by atoms with van der Waals surface area (Å²) < 4.78 is 44.7. The van der Waals surface area contributed by atoms with Crippen molar-refractivity contribution in [3.8, 4) is 28.7 Å². The molecular weight excluding hydrogens is 394 g/mol. The first-order chi connectivity index (χ1) is 14.8. The lowest BCUT2D eigenvalue weighted by Gasteiger charge is -2.38. The zero-order valence-corrected chi connectivity index (χ0v) is 16.0. The molecule has 0 saturated carbocycles. The number of phenols is 1. The standard InChI is InChI=1S/C20H20F2N6O2/c1-20-8-13(21)14(25-20)7-17(18(20)22)30-19-24-9-15(26-27-19)12-3-2-11(6-16(12)29)28-5-4-23-10-28/h2-6,9-10,13-14,17-18,25,29H,7-8H2,1H3/t13-,14+,17-,18+,20+/m1/s1/i14D. The van der Waals surface area contributed by atoms with E-state index in [1.807, 2.05) is 0 Å². The van der Waals surface area contributed by atoms with E-state index in [0.29, 0.717) is 11.3 Å². The molecule has 2 N–H and O–H groups in total. The van der Waals surface area contributed by atoms with Crippen LogP contribution in [0.2, 0.25) is 0 Å². The van der Waals surface area contributed by atoms with Crippen LogP contribution in [0.15, 0.2) is 43.1 Å². The van der Waals surface area contributed by atoms with Gasteiger partial charge >= 0.3 is 6.01 Å². The van der Waals surface area contributed by atoms with E-state index in [1.165, 1.54) is 6.20 Å². The molecule has 0 spiro atoms. The van der Waals surface area contributed by atoms with Gasteiger partial charge < -0.3 is 19.7 Å². The van der Waals surface area contributed by atoms with Gasteiger partial charge in [-0.05, 0) is 19.1 Å². The van der Waals surface area contributed by atoms with E-state index in [4.69, 9.17) is 6.11 Å². The number of nitrogens with zero attached hydrogens (tertiary/aromatic N) is 5. The molecule has 30 heavy (non-hydrogen) atoms. The van der Waals surface area contributed by atoms with Crippen molar-refractivity contribution in [2.24, 2.45) is 0 Å². The number of fused-ring (bicyclic) bond motifs is 2. The van der Waals surface area contributed by atoms with Crippen LogP contribution in [0.4, 0.5) is 8.78 Å². The van der Waals surface area contributed by atoms with E-state index in [1.54, 1.807) is 48.4 Å². The van der Waals surface area contributed by atoms with Crippen molar-refractivity contribution in [1.29, 1.82) is 0 Å². The second-order valence-corrected chi connectivity index (χ2v) is 7.80. The number of nitrogens with one attached hydrogen (secondary N) is 1. The fourth-order valence-electron chi connectivity index (χ4n) is 4.07. The number of hydrogen-bond donors (Lipinski definition) is 2. The highest BCUT2D eigenvalue weighted by Gasteiger charge is 2.56. The van der Waals surface area contributed by atoms with Crippen molar-refractivity contribution in [2.45, 2.75) is 49.8 Å². The Labute approximate surface area is 172 Å². The molecule has 3 aromatic rings. The van der Waals surface area contributed by atoms with Crippen molar-refractivity contribution in [3.63, 3.8) is 0 Å². The number of rotatable bonds is 4. The molecule has 1 aromatic carbocycles. The van der Waals surface area contributed by atoms with E-state index < -0.39 is 30.0 Å². The summed E-state index contributed by atoms with van der Waals surface area (Å²) in [6, 6.07) is 3.24. The SMILES string of the molecule is [2H][C@]12C[C@@H](Oc3ncc(-c4ccc(-n5ccnc5)cc4O)nn3)[C@H](F)[C@](C)(C[C@H]1F)N2. The Morgan fingerprint density at radius 1 is 1.37 bits per heavy atom. The van der Waals surface area contributed by atoms with Crippen molar-refractivity contribution in [1.82, 2.24) is 30.0 Å². The molecule has 2 aromatic heterocycles. The Morgan fingerprint density at radius 2 is 2.23 bits per heavy atom. The molecule has 2 bridgehead atoms. The Kier molecular flexibility index (Phi) is 4.12. The van der Waals surface area contributed by atoms with E-state index >= 15 is 0 Å². The molecule has 0 unspecified atom stereocenters. The summed E-state index contributed by atoms with van der Waals surface area (Å²) in [6.07, 6.45) is 1.99. The zero-order valence-electron chi connectivity index (χ0n) is 17.0. The zero-order chi connectivity index (χ0) is 21.8. The molecule has 5 atom stereocenters. The normalized spacial score (nSPS) is 33.3. The topological polar surface area (TPSA) is 98.0 Å². The van der Waals surface area contributed by atoms with Crippen LogP contribution in [0.25, 0.3) is 16.9 Å². The highest BCUT2D eigenvalue weighted by Crippen LogP contribution is 2.40. The van der Waals surface area contributed by atoms with Crippen LogP contribution in [-0.4, -0.2) is 59.8 Å². The van der Waals surface area contributed by atoms with Crippen LogP contribution in [0.5, 0.6) is 11.8 Å². The van der Waals surface area contributed by atoms with Crippen LogP contribution >= 0.6 is 0 Å². The summed E-state index contributed by atoms with van der Waals surface area (Å²) in [7, 11) is 0. The van der Waals surface area contributed by atoms with E-state index in [-0.39, 0.29) is 24.6 Å². The lowest BCUT2D eigenvalue weighted by molar-refractivity contribution is 0.00469. The molecule has 10 heteroatoms. The molecular formula is C20H20F2N6O2.